The van der Waals surface area contributed by atoms with Crippen molar-refractivity contribution in [3.05, 3.63) is 76.6 Å². The monoisotopic (exact) mass is 706 g/mol. The topological polar surface area (TPSA) is 66.9 Å². The molecule has 0 bridgehead atoms. The minimum Gasteiger partial charge on any atom is -0.469 e. The zero-order valence-corrected chi connectivity index (χ0v) is 28.5. The van der Waals surface area contributed by atoms with Gasteiger partial charge in [0.2, 0.25) is 10.0 Å². The molecule has 0 amide bonds. The van der Waals surface area contributed by atoms with E-state index in [-0.39, 0.29) is 56.5 Å². The maximum atomic E-state index is 14.1. The van der Waals surface area contributed by atoms with E-state index in [9.17, 15) is 43.9 Å². The number of carbonyl (C=O) groups is 1. The second kappa shape index (κ2) is 15.5. The predicted octanol–water partition coefficient (Wildman–Crippen LogP) is 8.43. The van der Waals surface area contributed by atoms with Crippen molar-refractivity contribution in [1.29, 1.82) is 0 Å². The third-order valence-corrected chi connectivity index (χ3v) is 10.2. The number of sulfonamides is 1. The fourth-order valence-corrected chi connectivity index (χ4v) is 7.60. The molecule has 3 aromatic rings. The predicted molar refractivity (Wildman–Crippen MR) is 169 cm³/mol. The Morgan fingerprint density at radius 2 is 1.44 bits per heavy atom. The van der Waals surface area contributed by atoms with E-state index < -0.39 is 50.2 Å². The highest BCUT2D eigenvalue weighted by molar-refractivity contribution is 7.89. The summed E-state index contributed by atoms with van der Waals surface area (Å²) in [5, 5.41) is 1.20. The van der Waals surface area contributed by atoms with E-state index in [2.05, 4.69) is 39.5 Å². The van der Waals surface area contributed by atoms with Gasteiger partial charge in [0.25, 0.3) is 0 Å². The summed E-state index contributed by atoms with van der Waals surface area (Å²) in [5.74, 6) is -1.32. The normalized spacial score (nSPS) is 15.2. The van der Waals surface area contributed by atoms with Crippen LogP contribution in [0, 0.1) is 5.82 Å². The van der Waals surface area contributed by atoms with Crippen molar-refractivity contribution in [3.63, 3.8) is 0 Å². The first-order chi connectivity index (χ1) is 22.2. The summed E-state index contributed by atoms with van der Waals surface area (Å²) >= 11 is 0. The Morgan fingerprint density at radius 3 is 1.88 bits per heavy atom. The average molecular weight is 707 g/mol. The molecule has 4 rings (SSSR count). The molecule has 1 saturated heterocycles. The molecule has 0 saturated carbocycles. The fourth-order valence-electron chi connectivity index (χ4n) is 6.06. The number of ether oxygens (including phenoxy) is 1. The highest BCUT2D eigenvalue weighted by Crippen LogP contribution is 2.40. The molecule has 0 N–H and O–H groups in total. The molecule has 48 heavy (non-hydrogen) atoms. The van der Waals surface area contributed by atoms with Crippen molar-refractivity contribution in [3.8, 4) is 0 Å². The highest BCUT2D eigenvalue weighted by atomic mass is 32.2. The lowest BCUT2D eigenvalue weighted by atomic mass is 9.85. The van der Waals surface area contributed by atoms with Crippen molar-refractivity contribution >= 4 is 26.8 Å². The largest absolute Gasteiger partial charge is 0.469 e. The molecular weight excluding hydrogens is 665 g/mol. The Morgan fingerprint density at radius 1 is 0.896 bits per heavy atom. The average Bonchev–Trinajstić information content (AvgIpc) is 3.00. The second-order valence-corrected chi connectivity index (χ2v) is 14.2. The number of piperidine rings is 1. The van der Waals surface area contributed by atoms with E-state index in [1.54, 1.807) is 18.2 Å². The number of rotatable bonds is 8. The Bertz CT molecular complexity index is 1640. The van der Waals surface area contributed by atoms with Gasteiger partial charge in [-0.25, -0.2) is 12.8 Å². The van der Waals surface area contributed by atoms with Crippen LogP contribution in [0.4, 0.5) is 30.7 Å². The molecule has 0 aliphatic carbocycles. The standard InChI is InChI=1S/C26H22F7NO4S.C8H19N/c1-38-24(35)10-15-8-17-2-3-20(27)14-23(17)22(9-15)16-4-6-34(7-5-16)39(36,37)21-12-18(25(28,29)30)11-19(13-21)26(31,32)33;1-6-9(7(2)3)8(4)5/h2-3,8-9,11-14,16H,4-7,10H2,1H3;7-8H,6H2,1-5H3. The van der Waals surface area contributed by atoms with Crippen molar-refractivity contribution in [2.45, 2.75) is 89.1 Å². The number of fused-ring (bicyclic) bond motifs is 1. The molecule has 0 unspecified atom stereocenters. The van der Waals surface area contributed by atoms with E-state index in [0.29, 0.717) is 34.0 Å². The van der Waals surface area contributed by atoms with Gasteiger partial charge in [-0.1, -0.05) is 25.1 Å². The van der Waals surface area contributed by atoms with Gasteiger partial charge in [0.1, 0.15) is 5.82 Å². The van der Waals surface area contributed by atoms with Gasteiger partial charge < -0.3 is 4.74 Å². The zero-order valence-electron chi connectivity index (χ0n) is 27.7. The summed E-state index contributed by atoms with van der Waals surface area (Å²) in [6, 6.07) is 9.18. The molecule has 6 nitrogen and oxygen atoms in total. The SMILES string of the molecule is CCN(C(C)C)C(C)C.COC(=O)Cc1cc(C2CCN(S(=O)(=O)c3cc(C(F)(F)F)cc(C(F)(F)F)c3)CC2)c2cc(F)ccc2c1. The van der Waals surface area contributed by atoms with Crippen molar-refractivity contribution < 1.29 is 48.7 Å². The third-order valence-electron chi connectivity index (χ3n) is 8.37. The fraction of sp³-hybridized carbons (Fsp3) is 0.500. The first kappa shape index (κ1) is 39.2. The summed E-state index contributed by atoms with van der Waals surface area (Å²) < 4.78 is 125. The molecule has 266 valence electrons. The van der Waals surface area contributed by atoms with Crippen molar-refractivity contribution in [1.82, 2.24) is 9.21 Å². The molecule has 3 aromatic carbocycles. The molecule has 0 radical (unpaired) electrons. The number of hydrogen-bond acceptors (Lipinski definition) is 5. The number of carbonyl (C=O) groups excluding carboxylic acids is 1. The Labute approximate surface area is 276 Å². The third kappa shape index (κ3) is 9.69. The second-order valence-electron chi connectivity index (χ2n) is 12.2. The summed E-state index contributed by atoms with van der Waals surface area (Å²) in [4.78, 5) is 13.2. The lowest BCUT2D eigenvalue weighted by Gasteiger charge is -2.32. The quantitative estimate of drug-likeness (QED) is 0.174. The van der Waals surface area contributed by atoms with E-state index in [4.69, 9.17) is 4.74 Å². The molecule has 1 heterocycles. The van der Waals surface area contributed by atoms with Crippen LogP contribution in [0.15, 0.2) is 53.4 Å². The first-order valence-electron chi connectivity index (χ1n) is 15.5. The first-order valence-corrected chi connectivity index (χ1v) is 17.0. The Hall–Kier alpha value is -3.23. The van der Waals surface area contributed by atoms with E-state index in [0.717, 1.165) is 10.8 Å². The maximum Gasteiger partial charge on any atom is 0.416 e. The van der Waals surface area contributed by atoms with Crippen LogP contribution in [-0.2, 0) is 38.3 Å². The molecule has 1 aliphatic heterocycles. The van der Waals surface area contributed by atoms with Crippen molar-refractivity contribution in [2.75, 3.05) is 26.7 Å². The van der Waals surface area contributed by atoms with E-state index in [1.807, 2.05) is 0 Å². The van der Waals surface area contributed by atoms with Crippen molar-refractivity contribution in [2.24, 2.45) is 0 Å². The summed E-state index contributed by atoms with van der Waals surface area (Å²) in [6.07, 6.45) is -10.1. The summed E-state index contributed by atoms with van der Waals surface area (Å²) in [5.41, 5.74) is -2.19. The van der Waals surface area contributed by atoms with Crippen LogP contribution in [0.1, 0.15) is 75.6 Å². The van der Waals surface area contributed by atoms with Gasteiger partial charge in [0.15, 0.2) is 0 Å². The van der Waals surface area contributed by atoms with E-state index in [1.165, 1.54) is 19.2 Å². The van der Waals surface area contributed by atoms with E-state index >= 15 is 0 Å². The van der Waals surface area contributed by atoms with Gasteiger partial charge >= 0.3 is 18.3 Å². The minimum atomic E-state index is -5.19. The number of methoxy groups -OCH3 is 1. The van der Waals surface area contributed by atoms with Crippen LogP contribution in [0.5, 0.6) is 0 Å². The van der Waals surface area contributed by atoms with Gasteiger partial charge in [0.05, 0.1) is 29.6 Å². The Balaban J connectivity index is 0.000000609. The van der Waals surface area contributed by atoms with Crippen LogP contribution in [0.3, 0.4) is 0 Å². The summed E-state index contributed by atoms with van der Waals surface area (Å²) in [6.45, 7) is 11.9. The highest BCUT2D eigenvalue weighted by Gasteiger charge is 2.40. The van der Waals surface area contributed by atoms with Crippen LogP contribution in [0.25, 0.3) is 10.8 Å². The lowest BCUT2D eigenvalue weighted by Crippen LogP contribution is -2.38. The Kier molecular flexibility index (Phi) is 12.7. The number of halogens is 7. The van der Waals surface area contributed by atoms with Crippen LogP contribution < -0.4 is 0 Å². The minimum absolute atomic E-state index is 0.0544. The van der Waals surface area contributed by atoms with Crippen LogP contribution in [-0.4, -0.2) is 62.4 Å². The van der Waals surface area contributed by atoms with Gasteiger partial charge in [-0.15, -0.1) is 0 Å². The lowest BCUT2D eigenvalue weighted by molar-refractivity contribution is -0.143. The molecular formula is C34H41F7N2O4S. The van der Waals surface area contributed by atoms with Crippen LogP contribution >= 0.6 is 0 Å². The van der Waals surface area contributed by atoms with Gasteiger partial charge in [-0.05, 0) is 105 Å². The molecule has 0 aromatic heterocycles. The van der Waals surface area contributed by atoms with Gasteiger partial charge in [-0.2, -0.15) is 30.6 Å². The number of benzene rings is 3. The van der Waals surface area contributed by atoms with Gasteiger partial charge in [-0.3, -0.25) is 9.69 Å². The van der Waals surface area contributed by atoms with Gasteiger partial charge in [0, 0.05) is 25.2 Å². The zero-order chi connectivity index (χ0) is 36.2. The molecule has 0 atom stereocenters. The number of nitrogens with zero attached hydrogens (tertiary/aromatic N) is 2. The smallest absolute Gasteiger partial charge is 0.416 e. The summed E-state index contributed by atoms with van der Waals surface area (Å²) in [7, 11) is -3.46. The maximum absolute atomic E-state index is 14.1. The number of esters is 1. The molecule has 1 aliphatic rings. The molecule has 1 fully saturated rings. The number of hydrogen-bond donors (Lipinski definition) is 0. The van der Waals surface area contributed by atoms with Crippen LogP contribution in [0.2, 0.25) is 0 Å². The molecule has 14 heteroatoms. The number of alkyl halides is 6. The molecule has 0 spiro atoms.